The molecule has 0 atom stereocenters. The Morgan fingerprint density at radius 2 is 1.03 bits per heavy atom. The first kappa shape index (κ1) is 25.8. The van der Waals surface area contributed by atoms with Crippen LogP contribution >= 0.6 is 11.6 Å². The molecule has 4 rings (SSSR count). The first-order chi connectivity index (χ1) is 16.7. The minimum absolute atomic E-state index is 0.767. The van der Waals surface area contributed by atoms with Crippen molar-refractivity contribution >= 4 is 11.6 Å². The molecule has 0 radical (unpaired) electrons. The zero-order chi connectivity index (χ0) is 23.6. The topological polar surface area (TPSA) is 0 Å². The van der Waals surface area contributed by atoms with Crippen molar-refractivity contribution in [3.63, 3.8) is 0 Å². The summed E-state index contributed by atoms with van der Waals surface area (Å²) in [6.45, 7) is 2.31. The number of unbranched alkanes of at least 4 members (excludes halogenated alkanes) is 4. The molecule has 0 nitrogen and oxygen atoms in total. The van der Waals surface area contributed by atoms with E-state index in [1.54, 1.807) is 5.56 Å². The second kappa shape index (κ2) is 13.7. The molecular weight excluding hydrogens is 432 g/mol. The second-order valence-electron chi connectivity index (χ2n) is 11.5. The highest BCUT2D eigenvalue weighted by atomic mass is 35.5. The molecule has 0 aliphatic heterocycles. The number of halogens is 1. The zero-order valence-corrected chi connectivity index (χ0v) is 22.4. The molecule has 0 spiro atoms. The third-order valence-corrected chi connectivity index (χ3v) is 9.32. The zero-order valence-electron chi connectivity index (χ0n) is 21.6. The van der Waals surface area contributed by atoms with E-state index in [0.717, 1.165) is 28.7 Å². The van der Waals surface area contributed by atoms with Gasteiger partial charge < -0.3 is 0 Å². The van der Waals surface area contributed by atoms with Crippen molar-refractivity contribution in [2.75, 3.05) is 0 Å². The Morgan fingerprint density at radius 1 is 0.559 bits per heavy atom. The van der Waals surface area contributed by atoms with Crippen LogP contribution in [0.15, 0.2) is 48.5 Å². The van der Waals surface area contributed by atoms with Crippen molar-refractivity contribution in [1.29, 1.82) is 0 Å². The second-order valence-corrected chi connectivity index (χ2v) is 11.9. The molecule has 0 aromatic heterocycles. The maximum Gasteiger partial charge on any atom is 0.0406 e. The quantitative estimate of drug-likeness (QED) is 0.281. The maximum atomic E-state index is 6.04. The Kier molecular flexibility index (Phi) is 10.4. The lowest BCUT2D eigenvalue weighted by Gasteiger charge is -2.32. The fraction of sp³-hybridized carbons (Fsp3) is 0.636. The van der Waals surface area contributed by atoms with E-state index < -0.39 is 0 Å². The molecule has 0 unspecified atom stereocenters. The third-order valence-electron chi connectivity index (χ3n) is 9.07. The van der Waals surface area contributed by atoms with Crippen LogP contribution in [-0.4, -0.2) is 0 Å². The molecule has 2 aromatic rings. The van der Waals surface area contributed by atoms with Crippen LogP contribution in [0.5, 0.6) is 0 Å². The van der Waals surface area contributed by atoms with Gasteiger partial charge in [0.05, 0.1) is 0 Å². The molecule has 2 aromatic carbocycles. The van der Waals surface area contributed by atoms with Gasteiger partial charge in [-0.3, -0.25) is 0 Å². The summed E-state index contributed by atoms with van der Waals surface area (Å²) in [4.78, 5) is 0. The normalized spacial score (nSPS) is 25.4. The fourth-order valence-corrected chi connectivity index (χ4v) is 6.82. The minimum Gasteiger partial charge on any atom is -0.0843 e. The van der Waals surface area contributed by atoms with E-state index in [9.17, 15) is 0 Å². The monoisotopic (exact) mass is 478 g/mol. The molecule has 0 N–H and O–H groups in total. The van der Waals surface area contributed by atoms with E-state index in [1.807, 2.05) is 12.1 Å². The van der Waals surface area contributed by atoms with Crippen LogP contribution in [0.2, 0.25) is 5.02 Å². The summed E-state index contributed by atoms with van der Waals surface area (Å²) in [5.41, 5.74) is 4.09. The molecular formula is C33H47Cl. The number of hydrogen-bond donors (Lipinski definition) is 0. The number of hydrogen-bond acceptors (Lipinski definition) is 0. The van der Waals surface area contributed by atoms with Crippen molar-refractivity contribution in [3.8, 4) is 11.1 Å². The smallest absolute Gasteiger partial charge is 0.0406 e. The number of benzene rings is 2. The molecule has 0 bridgehead atoms. The largest absolute Gasteiger partial charge is 0.0843 e. The van der Waals surface area contributed by atoms with Gasteiger partial charge >= 0.3 is 0 Å². The van der Waals surface area contributed by atoms with Gasteiger partial charge in [0.15, 0.2) is 0 Å². The van der Waals surface area contributed by atoms with Gasteiger partial charge in [-0.2, -0.15) is 0 Å². The van der Waals surface area contributed by atoms with Gasteiger partial charge in [0.25, 0.3) is 0 Å². The van der Waals surface area contributed by atoms with Gasteiger partial charge in [-0.25, -0.2) is 0 Å². The van der Waals surface area contributed by atoms with E-state index in [-0.39, 0.29) is 0 Å². The van der Waals surface area contributed by atoms with Crippen LogP contribution in [0.4, 0.5) is 0 Å². The Balaban J connectivity index is 1.12. The van der Waals surface area contributed by atoms with E-state index >= 15 is 0 Å². The number of rotatable bonds is 11. The average molecular weight is 479 g/mol. The predicted octanol–water partition coefficient (Wildman–Crippen LogP) is 11.2. The Morgan fingerprint density at radius 3 is 1.59 bits per heavy atom. The van der Waals surface area contributed by atoms with Crippen LogP contribution in [0, 0.1) is 17.8 Å². The summed E-state index contributed by atoms with van der Waals surface area (Å²) >= 11 is 6.04. The molecule has 2 fully saturated rings. The molecule has 1 heteroatoms. The molecule has 2 saturated carbocycles. The van der Waals surface area contributed by atoms with Crippen molar-refractivity contribution in [1.82, 2.24) is 0 Å². The molecule has 186 valence electrons. The van der Waals surface area contributed by atoms with Crippen molar-refractivity contribution in [2.45, 2.75) is 116 Å². The van der Waals surface area contributed by atoms with Crippen LogP contribution in [0.25, 0.3) is 11.1 Å². The lowest BCUT2D eigenvalue weighted by Crippen LogP contribution is -2.17. The summed E-state index contributed by atoms with van der Waals surface area (Å²) in [5.74, 6) is 3.85. The SMILES string of the molecule is CCCCCCC[C@H]1CC[C@H](CC[C@H]2CC[C@H](c3ccc(-c4ccc(Cl)cc4)cc3)CC2)CC1. The molecule has 34 heavy (non-hydrogen) atoms. The predicted molar refractivity (Wildman–Crippen MR) is 150 cm³/mol. The highest BCUT2D eigenvalue weighted by Gasteiger charge is 2.25. The summed E-state index contributed by atoms with van der Waals surface area (Å²) in [5, 5.41) is 0.804. The van der Waals surface area contributed by atoms with Gasteiger partial charge in [0.1, 0.15) is 0 Å². The molecule has 0 saturated heterocycles. The van der Waals surface area contributed by atoms with E-state index in [2.05, 4.69) is 43.3 Å². The van der Waals surface area contributed by atoms with Crippen LogP contribution in [-0.2, 0) is 0 Å². The van der Waals surface area contributed by atoms with E-state index in [4.69, 9.17) is 11.6 Å². The van der Waals surface area contributed by atoms with Gasteiger partial charge in [-0.1, -0.05) is 132 Å². The first-order valence-corrected chi connectivity index (χ1v) is 14.9. The van der Waals surface area contributed by atoms with Gasteiger partial charge in [0.2, 0.25) is 0 Å². The standard InChI is InChI=1S/C33H47Cl/c1-2-3-4-5-6-7-26-8-10-27(11-9-26)12-13-28-14-16-29(17-15-28)30-18-20-31(21-19-30)32-22-24-33(34)25-23-32/h18-29H,2-17H2,1H3/t26-,27-,28-,29-. The minimum atomic E-state index is 0.767. The van der Waals surface area contributed by atoms with Crippen LogP contribution in [0.3, 0.4) is 0 Å². The summed E-state index contributed by atoms with van der Waals surface area (Å²) in [6, 6.07) is 17.5. The van der Waals surface area contributed by atoms with Crippen molar-refractivity contribution in [3.05, 3.63) is 59.1 Å². The van der Waals surface area contributed by atoms with E-state index in [0.29, 0.717) is 0 Å². The van der Waals surface area contributed by atoms with Gasteiger partial charge in [0, 0.05) is 5.02 Å². The van der Waals surface area contributed by atoms with Gasteiger partial charge in [-0.15, -0.1) is 0 Å². The highest BCUT2D eigenvalue weighted by molar-refractivity contribution is 6.30. The lowest BCUT2D eigenvalue weighted by atomic mass is 9.74. The summed E-state index contributed by atoms with van der Waals surface area (Å²) in [6.07, 6.45) is 23.5. The Bertz CT molecular complexity index is 805. The summed E-state index contributed by atoms with van der Waals surface area (Å²) < 4.78 is 0. The van der Waals surface area contributed by atoms with Crippen LogP contribution < -0.4 is 0 Å². The van der Waals surface area contributed by atoms with Gasteiger partial charge in [-0.05, 0) is 78.2 Å². The van der Waals surface area contributed by atoms with Crippen molar-refractivity contribution in [2.24, 2.45) is 17.8 Å². The van der Waals surface area contributed by atoms with Crippen LogP contribution in [0.1, 0.15) is 121 Å². The van der Waals surface area contributed by atoms with Crippen molar-refractivity contribution < 1.29 is 0 Å². The fourth-order valence-electron chi connectivity index (χ4n) is 6.69. The third kappa shape index (κ3) is 7.87. The lowest BCUT2D eigenvalue weighted by molar-refractivity contribution is 0.222. The molecule has 0 amide bonds. The maximum absolute atomic E-state index is 6.04. The first-order valence-electron chi connectivity index (χ1n) is 14.6. The Hall–Kier alpha value is -1.27. The van der Waals surface area contributed by atoms with E-state index in [1.165, 1.54) is 114 Å². The molecule has 0 heterocycles. The molecule has 2 aliphatic rings. The highest BCUT2D eigenvalue weighted by Crippen LogP contribution is 2.40. The average Bonchev–Trinajstić information content (AvgIpc) is 2.89. The Labute approximate surface area is 214 Å². The molecule has 2 aliphatic carbocycles. The summed E-state index contributed by atoms with van der Waals surface area (Å²) in [7, 11) is 0.